The Bertz CT molecular complexity index is 987. The van der Waals surface area contributed by atoms with Gasteiger partial charge in [-0.05, 0) is 29.7 Å². The fourth-order valence-corrected chi connectivity index (χ4v) is 3.62. The minimum atomic E-state index is 0.315. The van der Waals surface area contributed by atoms with Gasteiger partial charge in [-0.15, -0.1) is 6.58 Å². The quantitative estimate of drug-likeness (QED) is 0.489. The van der Waals surface area contributed by atoms with Crippen molar-refractivity contribution in [3.63, 3.8) is 0 Å². The molecule has 0 bridgehead atoms. The lowest BCUT2D eigenvalue weighted by molar-refractivity contribution is 0.833. The number of fused-ring (bicyclic) bond motifs is 2. The molecular formula is C21H20N2. The first-order chi connectivity index (χ1) is 11.3. The van der Waals surface area contributed by atoms with Crippen LogP contribution in [0.3, 0.4) is 0 Å². The minimum Gasteiger partial charge on any atom is -0.361 e. The molecule has 1 N–H and O–H groups in total. The SMILES string of the molecule is C=CCC(c1c[nH]c2ccccc12)c1cn(C)c2ccccc12. The summed E-state index contributed by atoms with van der Waals surface area (Å²) in [6, 6.07) is 17.1. The number of benzene rings is 2. The minimum absolute atomic E-state index is 0.315. The molecule has 1 unspecified atom stereocenters. The van der Waals surface area contributed by atoms with Crippen molar-refractivity contribution in [3.8, 4) is 0 Å². The van der Waals surface area contributed by atoms with Crippen LogP contribution in [0.15, 0.2) is 73.6 Å². The molecule has 23 heavy (non-hydrogen) atoms. The average molecular weight is 300 g/mol. The van der Waals surface area contributed by atoms with Crippen LogP contribution in [0.1, 0.15) is 23.5 Å². The number of H-pyrrole nitrogens is 1. The molecule has 0 saturated heterocycles. The summed E-state index contributed by atoms with van der Waals surface area (Å²) < 4.78 is 2.22. The molecule has 0 aliphatic heterocycles. The molecular weight excluding hydrogens is 280 g/mol. The Morgan fingerprint density at radius 3 is 2.61 bits per heavy atom. The number of allylic oxidation sites excluding steroid dienone is 1. The number of para-hydroxylation sites is 2. The third kappa shape index (κ3) is 2.18. The van der Waals surface area contributed by atoms with Crippen molar-refractivity contribution in [2.24, 2.45) is 7.05 Å². The van der Waals surface area contributed by atoms with E-state index < -0.39 is 0 Å². The summed E-state index contributed by atoms with van der Waals surface area (Å²) in [5.41, 5.74) is 5.18. The maximum atomic E-state index is 3.99. The zero-order chi connectivity index (χ0) is 15.8. The van der Waals surface area contributed by atoms with Gasteiger partial charge in [0.1, 0.15) is 0 Å². The molecule has 2 heteroatoms. The van der Waals surface area contributed by atoms with Gasteiger partial charge in [-0.1, -0.05) is 42.5 Å². The molecule has 0 spiro atoms. The van der Waals surface area contributed by atoms with Gasteiger partial charge in [-0.25, -0.2) is 0 Å². The zero-order valence-electron chi connectivity index (χ0n) is 13.3. The van der Waals surface area contributed by atoms with Gasteiger partial charge in [0.2, 0.25) is 0 Å². The van der Waals surface area contributed by atoms with E-state index in [4.69, 9.17) is 0 Å². The van der Waals surface area contributed by atoms with E-state index in [1.165, 1.54) is 32.9 Å². The van der Waals surface area contributed by atoms with Gasteiger partial charge >= 0.3 is 0 Å². The molecule has 0 aliphatic rings. The molecule has 0 radical (unpaired) electrons. The molecule has 2 aromatic heterocycles. The Balaban J connectivity index is 1.95. The fraction of sp³-hybridized carbons (Fsp3) is 0.143. The molecule has 4 aromatic rings. The van der Waals surface area contributed by atoms with Gasteiger partial charge < -0.3 is 9.55 Å². The highest BCUT2D eigenvalue weighted by Gasteiger charge is 2.20. The van der Waals surface area contributed by atoms with Crippen molar-refractivity contribution in [3.05, 3.63) is 84.7 Å². The Morgan fingerprint density at radius 2 is 1.78 bits per heavy atom. The Kier molecular flexibility index (Phi) is 3.30. The highest BCUT2D eigenvalue weighted by molar-refractivity contribution is 5.88. The molecule has 0 amide bonds. The average Bonchev–Trinajstić information content (AvgIpc) is 3.15. The van der Waals surface area contributed by atoms with Gasteiger partial charge in [0, 0.05) is 47.2 Å². The third-order valence-electron chi connectivity index (χ3n) is 4.70. The van der Waals surface area contributed by atoms with E-state index in [9.17, 15) is 0 Å². The Hall–Kier alpha value is -2.74. The van der Waals surface area contributed by atoms with Crippen LogP contribution in [-0.4, -0.2) is 9.55 Å². The van der Waals surface area contributed by atoms with Crippen molar-refractivity contribution < 1.29 is 0 Å². The lowest BCUT2D eigenvalue weighted by Crippen LogP contribution is -1.98. The predicted octanol–water partition coefficient (Wildman–Crippen LogP) is 5.37. The summed E-state index contributed by atoms with van der Waals surface area (Å²) in [5.74, 6) is 0.315. The number of aromatic amines is 1. The van der Waals surface area contributed by atoms with Crippen LogP contribution in [0.25, 0.3) is 21.8 Å². The van der Waals surface area contributed by atoms with Gasteiger partial charge in [0.25, 0.3) is 0 Å². The van der Waals surface area contributed by atoms with E-state index in [0.29, 0.717) is 5.92 Å². The summed E-state index contributed by atoms with van der Waals surface area (Å²) in [6.45, 7) is 3.99. The van der Waals surface area contributed by atoms with Crippen LogP contribution < -0.4 is 0 Å². The number of aryl methyl sites for hydroxylation is 1. The van der Waals surface area contributed by atoms with Crippen molar-refractivity contribution >= 4 is 21.8 Å². The predicted molar refractivity (Wildman–Crippen MR) is 97.9 cm³/mol. The van der Waals surface area contributed by atoms with Gasteiger partial charge in [0.05, 0.1) is 0 Å². The van der Waals surface area contributed by atoms with Gasteiger partial charge in [-0.3, -0.25) is 0 Å². The molecule has 0 fully saturated rings. The monoisotopic (exact) mass is 300 g/mol. The number of hydrogen-bond donors (Lipinski definition) is 1. The molecule has 0 aliphatic carbocycles. The first-order valence-corrected chi connectivity index (χ1v) is 8.00. The van der Waals surface area contributed by atoms with Gasteiger partial charge in [0.15, 0.2) is 0 Å². The van der Waals surface area contributed by atoms with Crippen LogP contribution in [0.4, 0.5) is 0 Å². The standard InChI is InChI=1S/C21H20N2/c1-3-8-15(18-13-22-20-11-6-4-9-16(18)20)19-14-23(2)21-12-7-5-10-17(19)21/h3-7,9-15,22H,1,8H2,2H3. The van der Waals surface area contributed by atoms with Crippen LogP contribution in [0, 0.1) is 0 Å². The van der Waals surface area contributed by atoms with E-state index >= 15 is 0 Å². The van der Waals surface area contributed by atoms with Crippen molar-refractivity contribution in [1.82, 2.24) is 9.55 Å². The number of aromatic nitrogens is 2. The summed E-state index contributed by atoms with van der Waals surface area (Å²) >= 11 is 0. The molecule has 2 heterocycles. The third-order valence-corrected chi connectivity index (χ3v) is 4.70. The molecule has 2 aromatic carbocycles. The normalized spacial score (nSPS) is 12.7. The lowest BCUT2D eigenvalue weighted by atomic mass is 9.88. The number of rotatable bonds is 4. The second-order valence-corrected chi connectivity index (χ2v) is 6.08. The lowest BCUT2D eigenvalue weighted by Gasteiger charge is -2.14. The smallest absolute Gasteiger partial charge is 0.0480 e. The van der Waals surface area contributed by atoms with Crippen LogP contribution in [0.2, 0.25) is 0 Å². The van der Waals surface area contributed by atoms with E-state index in [-0.39, 0.29) is 0 Å². The van der Waals surface area contributed by atoms with E-state index in [1.807, 2.05) is 6.08 Å². The second-order valence-electron chi connectivity index (χ2n) is 6.08. The molecule has 4 rings (SSSR count). The first-order valence-electron chi connectivity index (χ1n) is 8.00. The van der Waals surface area contributed by atoms with Crippen molar-refractivity contribution in [2.45, 2.75) is 12.3 Å². The van der Waals surface area contributed by atoms with E-state index in [2.05, 4.69) is 84.1 Å². The molecule has 1 atom stereocenters. The molecule has 0 saturated carbocycles. The Labute approximate surface area is 136 Å². The Morgan fingerprint density at radius 1 is 1.04 bits per heavy atom. The van der Waals surface area contributed by atoms with E-state index in [1.54, 1.807) is 0 Å². The highest BCUT2D eigenvalue weighted by atomic mass is 14.9. The van der Waals surface area contributed by atoms with Crippen LogP contribution >= 0.6 is 0 Å². The summed E-state index contributed by atoms with van der Waals surface area (Å²) in [7, 11) is 2.12. The number of hydrogen-bond acceptors (Lipinski definition) is 0. The maximum Gasteiger partial charge on any atom is 0.0480 e. The van der Waals surface area contributed by atoms with Gasteiger partial charge in [-0.2, -0.15) is 0 Å². The van der Waals surface area contributed by atoms with Crippen molar-refractivity contribution in [1.29, 1.82) is 0 Å². The number of nitrogens with zero attached hydrogens (tertiary/aromatic N) is 1. The second kappa shape index (κ2) is 5.47. The van der Waals surface area contributed by atoms with E-state index in [0.717, 1.165) is 6.42 Å². The summed E-state index contributed by atoms with van der Waals surface area (Å²) in [6.07, 6.45) is 7.37. The first kappa shape index (κ1) is 13.9. The van der Waals surface area contributed by atoms with Crippen molar-refractivity contribution in [2.75, 3.05) is 0 Å². The van der Waals surface area contributed by atoms with Crippen LogP contribution in [0.5, 0.6) is 0 Å². The fourth-order valence-electron chi connectivity index (χ4n) is 3.62. The summed E-state index contributed by atoms with van der Waals surface area (Å²) in [4.78, 5) is 3.41. The van der Waals surface area contributed by atoms with Crippen LogP contribution in [-0.2, 0) is 7.05 Å². The topological polar surface area (TPSA) is 20.7 Å². The summed E-state index contributed by atoms with van der Waals surface area (Å²) in [5, 5.41) is 2.62. The molecule has 114 valence electrons. The number of nitrogens with one attached hydrogen (secondary N) is 1. The largest absolute Gasteiger partial charge is 0.361 e. The zero-order valence-corrected chi connectivity index (χ0v) is 13.3. The highest BCUT2D eigenvalue weighted by Crippen LogP contribution is 2.37. The molecule has 2 nitrogen and oxygen atoms in total. The maximum absolute atomic E-state index is 3.99.